The minimum absolute atomic E-state index is 0.000648. The topological polar surface area (TPSA) is 124 Å². The van der Waals surface area contributed by atoms with Crippen molar-refractivity contribution in [3.63, 3.8) is 0 Å². The van der Waals surface area contributed by atoms with Crippen LogP contribution in [0.25, 0.3) is 0 Å². The maximum atomic E-state index is 11.5. The fourth-order valence-corrected chi connectivity index (χ4v) is 1.53. The second-order valence-corrected chi connectivity index (χ2v) is 3.35. The Morgan fingerprint density at radius 2 is 2.13 bits per heavy atom. The molecule has 0 spiro atoms. The summed E-state index contributed by atoms with van der Waals surface area (Å²) in [4.78, 5) is 11.5. The van der Waals surface area contributed by atoms with Crippen molar-refractivity contribution in [2.24, 2.45) is 5.73 Å². The lowest BCUT2D eigenvalue weighted by Crippen LogP contribution is -2.35. The van der Waals surface area contributed by atoms with Gasteiger partial charge in [0.15, 0.2) is 0 Å². The van der Waals surface area contributed by atoms with Gasteiger partial charge in [-0.2, -0.15) is 5.26 Å². The first-order valence-electron chi connectivity index (χ1n) is 3.91. The molecule has 0 bridgehead atoms. The van der Waals surface area contributed by atoms with Gasteiger partial charge in [0.25, 0.3) is 5.56 Å². The van der Waals surface area contributed by atoms with Crippen molar-refractivity contribution in [1.82, 2.24) is 4.68 Å². The van der Waals surface area contributed by atoms with E-state index in [1.165, 1.54) is 0 Å². The summed E-state index contributed by atoms with van der Waals surface area (Å²) in [6.07, 6.45) is 0. The molecule has 0 saturated heterocycles. The molecule has 78 valence electrons. The Morgan fingerprint density at radius 3 is 2.53 bits per heavy atom. The van der Waals surface area contributed by atoms with Crippen molar-refractivity contribution in [2.45, 2.75) is 6.92 Å². The Kier molecular flexibility index (Phi) is 2.63. The zero-order chi connectivity index (χ0) is 11.7. The van der Waals surface area contributed by atoms with Crippen LogP contribution in [0.5, 0.6) is 0 Å². The van der Waals surface area contributed by atoms with Crippen LogP contribution in [0.4, 0.5) is 5.82 Å². The Labute approximate surface area is 90.9 Å². The normalized spacial score (nSPS) is 9.60. The molecule has 1 aromatic rings. The van der Waals surface area contributed by atoms with Crippen LogP contribution in [-0.2, 0) is 0 Å². The summed E-state index contributed by atoms with van der Waals surface area (Å²) in [7, 11) is 0. The fraction of sp³-hybridized carbons (Fsp3) is 0.125. The molecule has 0 atom stereocenters. The number of hydrogen-bond acceptors (Lipinski definition) is 5. The molecule has 1 aromatic heterocycles. The predicted molar refractivity (Wildman–Crippen MR) is 60.6 cm³/mol. The van der Waals surface area contributed by atoms with Gasteiger partial charge in [-0.05, 0) is 12.5 Å². The average Bonchev–Trinajstić information content (AvgIpc) is 2.15. The SMILES string of the molecule is Cc1c(C(N)=S)c(N)n(N)c(=O)c1C#N. The van der Waals surface area contributed by atoms with Gasteiger partial charge in [-0.1, -0.05) is 12.2 Å². The lowest BCUT2D eigenvalue weighted by molar-refractivity contribution is 0.935. The summed E-state index contributed by atoms with van der Waals surface area (Å²) in [6.45, 7) is 1.55. The van der Waals surface area contributed by atoms with E-state index < -0.39 is 5.56 Å². The highest BCUT2D eigenvalue weighted by molar-refractivity contribution is 7.80. The lowest BCUT2D eigenvalue weighted by Gasteiger charge is -2.12. The molecule has 0 aromatic carbocycles. The van der Waals surface area contributed by atoms with E-state index in [4.69, 9.17) is 34.8 Å². The maximum Gasteiger partial charge on any atom is 0.288 e. The van der Waals surface area contributed by atoms with Gasteiger partial charge in [-0.15, -0.1) is 0 Å². The first kappa shape index (κ1) is 11.0. The fourth-order valence-electron chi connectivity index (χ4n) is 1.27. The van der Waals surface area contributed by atoms with Gasteiger partial charge in [0, 0.05) is 0 Å². The van der Waals surface area contributed by atoms with Gasteiger partial charge < -0.3 is 17.3 Å². The molecule has 0 amide bonds. The van der Waals surface area contributed by atoms with Crippen LogP contribution in [0.1, 0.15) is 16.7 Å². The molecule has 6 nitrogen and oxygen atoms in total. The summed E-state index contributed by atoms with van der Waals surface area (Å²) in [6, 6.07) is 1.74. The Morgan fingerprint density at radius 1 is 1.60 bits per heavy atom. The van der Waals surface area contributed by atoms with Crippen molar-refractivity contribution < 1.29 is 0 Å². The molecule has 1 rings (SSSR count). The van der Waals surface area contributed by atoms with Crippen LogP contribution in [0.2, 0.25) is 0 Å². The first-order chi connectivity index (χ1) is 6.91. The number of thiocarbonyl (C=S) groups is 1. The number of hydrogen-bond donors (Lipinski definition) is 3. The molecular formula is C8H9N5OS. The molecule has 15 heavy (non-hydrogen) atoms. The minimum atomic E-state index is -0.660. The zero-order valence-corrected chi connectivity index (χ0v) is 8.76. The van der Waals surface area contributed by atoms with Crippen molar-refractivity contribution in [1.29, 1.82) is 5.26 Å². The molecule has 0 aliphatic rings. The standard InChI is InChI=1S/C8H9N5OS/c1-3-4(2-9)8(14)13(12)6(10)5(3)7(11)15/h10,12H2,1H3,(H2,11,15). The smallest absolute Gasteiger partial charge is 0.288 e. The minimum Gasteiger partial charge on any atom is -0.389 e. The van der Waals surface area contributed by atoms with Crippen molar-refractivity contribution >= 4 is 23.0 Å². The van der Waals surface area contributed by atoms with Gasteiger partial charge in [0.05, 0.1) is 5.56 Å². The third-order valence-electron chi connectivity index (χ3n) is 2.06. The summed E-state index contributed by atoms with van der Waals surface area (Å²) in [5.74, 6) is 5.34. The van der Waals surface area contributed by atoms with Crippen molar-refractivity contribution in [2.75, 3.05) is 11.6 Å². The van der Waals surface area contributed by atoms with E-state index in [0.717, 1.165) is 0 Å². The molecule has 1 heterocycles. The molecule has 0 saturated carbocycles. The number of pyridine rings is 1. The Hall–Kier alpha value is -2.07. The van der Waals surface area contributed by atoms with E-state index in [0.29, 0.717) is 10.2 Å². The summed E-state index contributed by atoms with van der Waals surface area (Å²) in [5.41, 5.74) is 10.9. The van der Waals surface area contributed by atoms with E-state index in [-0.39, 0.29) is 21.9 Å². The third-order valence-corrected chi connectivity index (χ3v) is 2.26. The van der Waals surface area contributed by atoms with E-state index in [9.17, 15) is 4.79 Å². The summed E-state index contributed by atoms with van der Waals surface area (Å²) >= 11 is 4.76. The number of nitriles is 1. The van der Waals surface area contributed by atoms with Crippen molar-refractivity contribution in [3.8, 4) is 6.07 Å². The number of anilines is 1. The van der Waals surface area contributed by atoms with Gasteiger partial charge in [0.2, 0.25) is 0 Å². The summed E-state index contributed by atoms with van der Waals surface area (Å²) < 4.78 is 0.667. The lowest BCUT2D eigenvalue weighted by atomic mass is 10.1. The molecule has 0 unspecified atom stereocenters. The zero-order valence-electron chi connectivity index (χ0n) is 7.94. The highest BCUT2D eigenvalue weighted by atomic mass is 32.1. The maximum absolute atomic E-state index is 11.5. The van der Waals surface area contributed by atoms with Crippen LogP contribution < -0.4 is 22.9 Å². The largest absolute Gasteiger partial charge is 0.389 e. The summed E-state index contributed by atoms with van der Waals surface area (Å²) in [5, 5.41) is 8.78. The highest BCUT2D eigenvalue weighted by Crippen LogP contribution is 2.15. The number of nitrogens with two attached hydrogens (primary N) is 3. The average molecular weight is 223 g/mol. The van der Waals surface area contributed by atoms with Gasteiger partial charge in [-0.3, -0.25) is 4.79 Å². The van der Waals surface area contributed by atoms with Crippen molar-refractivity contribution in [3.05, 3.63) is 27.0 Å². The first-order valence-corrected chi connectivity index (χ1v) is 4.32. The predicted octanol–water partition coefficient (Wildman–Crippen LogP) is -1.04. The Bertz CT molecular complexity index is 539. The van der Waals surface area contributed by atoms with E-state index in [2.05, 4.69) is 0 Å². The molecular weight excluding hydrogens is 214 g/mol. The quantitative estimate of drug-likeness (QED) is 0.412. The number of rotatable bonds is 1. The molecule has 6 N–H and O–H groups in total. The van der Waals surface area contributed by atoms with Crippen LogP contribution in [0.15, 0.2) is 4.79 Å². The van der Waals surface area contributed by atoms with Gasteiger partial charge >= 0.3 is 0 Å². The second-order valence-electron chi connectivity index (χ2n) is 2.91. The molecule has 0 fully saturated rings. The molecule has 7 heteroatoms. The van der Waals surface area contributed by atoms with E-state index >= 15 is 0 Å². The molecule has 0 radical (unpaired) electrons. The van der Waals surface area contributed by atoms with Crippen LogP contribution >= 0.6 is 12.2 Å². The Balaban J connectivity index is 3.87. The van der Waals surface area contributed by atoms with Crippen LogP contribution in [0, 0.1) is 18.3 Å². The van der Waals surface area contributed by atoms with Crippen LogP contribution in [0.3, 0.4) is 0 Å². The molecule has 0 aliphatic carbocycles. The van der Waals surface area contributed by atoms with E-state index in [1.807, 2.05) is 0 Å². The van der Waals surface area contributed by atoms with E-state index in [1.54, 1.807) is 13.0 Å². The monoisotopic (exact) mass is 223 g/mol. The second kappa shape index (κ2) is 3.59. The third kappa shape index (κ3) is 1.51. The van der Waals surface area contributed by atoms with Gasteiger partial charge in [-0.25, -0.2) is 4.68 Å². The van der Waals surface area contributed by atoms with Crippen LogP contribution in [-0.4, -0.2) is 9.66 Å². The number of aromatic nitrogens is 1. The number of nitrogen functional groups attached to an aromatic ring is 2. The molecule has 0 aliphatic heterocycles. The number of nitrogens with zero attached hydrogens (tertiary/aromatic N) is 2. The highest BCUT2D eigenvalue weighted by Gasteiger charge is 2.17. The van der Waals surface area contributed by atoms with Gasteiger partial charge in [0.1, 0.15) is 22.4 Å².